The first-order valence-electron chi connectivity index (χ1n) is 6.30. The minimum atomic E-state index is -3.50. The summed E-state index contributed by atoms with van der Waals surface area (Å²) in [6.45, 7) is 1.85. The Labute approximate surface area is 134 Å². The number of rotatable bonds is 5. The summed E-state index contributed by atoms with van der Waals surface area (Å²) in [5.41, 5.74) is 0. The highest BCUT2D eigenvalue weighted by atomic mass is 35.5. The van der Waals surface area contributed by atoms with Gasteiger partial charge in [-0.25, -0.2) is 13.2 Å². The minimum Gasteiger partial charge on any atom is -0.465 e. The Morgan fingerprint density at radius 2 is 2.29 bits per heavy atom. The van der Waals surface area contributed by atoms with Gasteiger partial charge in [0, 0.05) is 18.5 Å². The fourth-order valence-corrected chi connectivity index (χ4v) is 4.99. The molecule has 0 radical (unpaired) electrons. The van der Waals surface area contributed by atoms with Gasteiger partial charge >= 0.3 is 5.97 Å². The molecule has 1 atom stereocenters. The van der Waals surface area contributed by atoms with E-state index in [2.05, 4.69) is 10.1 Å². The van der Waals surface area contributed by atoms with Crippen LogP contribution in [0.5, 0.6) is 0 Å². The monoisotopic (exact) mass is 354 g/mol. The number of methoxy groups -OCH3 is 1. The maximum Gasteiger partial charge on any atom is 0.348 e. The van der Waals surface area contributed by atoms with Crippen molar-refractivity contribution < 1.29 is 17.9 Å². The first-order chi connectivity index (χ1) is 9.48. The van der Waals surface area contributed by atoms with Crippen LogP contribution in [0.2, 0.25) is 0 Å². The Morgan fingerprint density at radius 1 is 1.57 bits per heavy atom. The lowest BCUT2D eigenvalue weighted by molar-refractivity contribution is 0.0606. The molecule has 1 unspecified atom stereocenters. The quantitative estimate of drug-likeness (QED) is 0.804. The number of ether oxygens (including phenoxy) is 1. The topological polar surface area (TPSA) is 75.7 Å². The van der Waals surface area contributed by atoms with E-state index >= 15 is 0 Å². The van der Waals surface area contributed by atoms with Gasteiger partial charge in [0.15, 0.2) is 0 Å². The third kappa shape index (κ3) is 3.95. The largest absolute Gasteiger partial charge is 0.465 e. The highest BCUT2D eigenvalue weighted by Gasteiger charge is 2.33. The van der Waals surface area contributed by atoms with E-state index in [1.54, 1.807) is 0 Å². The van der Waals surface area contributed by atoms with Crippen molar-refractivity contribution in [1.82, 2.24) is 9.62 Å². The van der Waals surface area contributed by atoms with E-state index in [1.165, 1.54) is 22.9 Å². The molecule has 0 bridgehead atoms. The zero-order valence-electron chi connectivity index (χ0n) is 11.9. The lowest BCUT2D eigenvalue weighted by Gasteiger charge is -2.15. The molecule has 0 aromatic carbocycles. The average molecular weight is 355 g/mol. The summed E-state index contributed by atoms with van der Waals surface area (Å²) in [5.74, 6) is -0.167. The van der Waals surface area contributed by atoms with E-state index in [9.17, 15) is 13.2 Å². The number of carbonyl (C=O) groups excluding carboxylic acids is 1. The van der Waals surface area contributed by atoms with Crippen LogP contribution in [-0.2, 0) is 14.8 Å². The molecule has 0 amide bonds. The normalized spacial score (nSPS) is 19.2. The Kier molecular flexibility index (Phi) is 6.61. The third-order valence-corrected chi connectivity index (χ3v) is 6.24. The SMILES string of the molecule is CNCC1CCN(S(=O)(=O)c2csc(C(=O)OC)c2)C1.Cl. The number of hydrogen-bond donors (Lipinski definition) is 1. The maximum atomic E-state index is 12.5. The number of thiophene rings is 1. The lowest BCUT2D eigenvalue weighted by atomic mass is 10.1. The first kappa shape index (κ1) is 18.4. The Bertz CT molecular complexity index is 588. The zero-order chi connectivity index (χ0) is 14.8. The van der Waals surface area contributed by atoms with Crippen LogP contribution >= 0.6 is 23.7 Å². The molecule has 6 nitrogen and oxygen atoms in total. The second kappa shape index (κ2) is 7.55. The van der Waals surface area contributed by atoms with Crippen LogP contribution < -0.4 is 5.32 Å². The highest BCUT2D eigenvalue weighted by Crippen LogP contribution is 2.27. The minimum absolute atomic E-state index is 0. The van der Waals surface area contributed by atoms with Gasteiger partial charge in [-0.2, -0.15) is 4.31 Å². The number of hydrogen-bond acceptors (Lipinski definition) is 6. The molecule has 0 spiro atoms. The smallest absolute Gasteiger partial charge is 0.348 e. The Hall–Kier alpha value is -0.670. The van der Waals surface area contributed by atoms with Crippen LogP contribution in [0.25, 0.3) is 0 Å². The van der Waals surface area contributed by atoms with Gasteiger partial charge in [0.1, 0.15) is 4.88 Å². The van der Waals surface area contributed by atoms with E-state index in [4.69, 9.17) is 0 Å². The van der Waals surface area contributed by atoms with E-state index < -0.39 is 16.0 Å². The molecule has 9 heteroatoms. The van der Waals surface area contributed by atoms with Crippen LogP contribution in [-0.4, -0.2) is 52.5 Å². The molecule has 0 saturated carbocycles. The van der Waals surface area contributed by atoms with Gasteiger partial charge in [-0.3, -0.25) is 0 Å². The second-order valence-corrected chi connectivity index (χ2v) is 7.56. The maximum absolute atomic E-state index is 12.5. The molecule has 21 heavy (non-hydrogen) atoms. The van der Waals surface area contributed by atoms with Gasteiger partial charge < -0.3 is 10.1 Å². The van der Waals surface area contributed by atoms with Crippen molar-refractivity contribution in [2.24, 2.45) is 5.92 Å². The summed E-state index contributed by atoms with van der Waals surface area (Å²) >= 11 is 1.09. The molecular formula is C12H19ClN2O4S2. The molecular weight excluding hydrogens is 336 g/mol. The van der Waals surface area contributed by atoms with E-state index in [-0.39, 0.29) is 17.3 Å². The molecule has 2 heterocycles. The van der Waals surface area contributed by atoms with Crippen LogP contribution in [0.1, 0.15) is 16.1 Å². The molecule has 120 valence electrons. The molecule has 2 rings (SSSR count). The second-order valence-electron chi connectivity index (χ2n) is 4.71. The fraction of sp³-hybridized carbons (Fsp3) is 0.583. The van der Waals surface area contributed by atoms with Gasteiger partial charge in [0.2, 0.25) is 10.0 Å². The van der Waals surface area contributed by atoms with Crippen LogP contribution in [0, 0.1) is 5.92 Å². The summed E-state index contributed by atoms with van der Waals surface area (Å²) in [4.78, 5) is 11.9. The van der Waals surface area contributed by atoms with Crippen LogP contribution in [0.3, 0.4) is 0 Å². The molecule has 0 aliphatic carbocycles. The van der Waals surface area contributed by atoms with Crippen molar-refractivity contribution >= 4 is 39.7 Å². The van der Waals surface area contributed by atoms with E-state index in [0.29, 0.717) is 23.9 Å². The van der Waals surface area contributed by atoms with Crippen molar-refractivity contribution in [2.45, 2.75) is 11.3 Å². The molecule has 1 N–H and O–H groups in total. The number of sulfonamides is 1. The average Bonchev–Trinajstić information content (AvgIpc) is 3.07. The van der Waals surface area contributed by atoms with Crippen molar-refractivity contribution in [3.63, 3.8) is 0 Å². The van der Waals surface area contributed by atoms with Crippen molar-refractivity contribution in [1.29, 1.82) is 0 Å². The number of nitrogens with zero attached hydrogens (tertiary/aromatic N) is 1. The lowest BCUT2D eigenvalue weighted by Crippen LogP contribution is -2.30. The molecule has 1 saturated heterocycles. The summed E-state index contributed by atoms with van der Waals surface area (Å²) in [6.07, 6.45) is 0.855. The third-order valence-electron chi connectivity index (χ3n) is 3.34. The fourth-order valence-electron chi connectivity index (χ4n) is 2.28. The summed E-state index contributed by atoms with van der Waals surface area (Å²) in [6, 6.07) is 1.39. The molecule has 1 fully saturated rings. The van der Waals surface area contributed by atoms with Crippen LogP contribution in [0.15, 0.2) is 16.3 Å². The van der Waals surface area contributed by atoms with Gasteiger partial charge in [0.25, 0.3) is 0 Å². The highest BCUT2D eigenvalue weighted by molar-refractivity contribution is 7.89. The molecule has 1 aromatic rings. The van der Waals surface area contributed by atoms with Crippen LogP contribution in [0.4, 0.5) is 0 Å². The van der Waals surface area contributed by atoms with Crippen molar-refractivity contribution in [3.05, 3.63) is 16.3 Å². The predicted molar refractivity (Wildman–Crippen MR) is 83.7 cm³/mol. The van der Waals surface area contributed by atoms with Gasteiger partial charge in [0.05, 0.1) is 12.0 Å². The summed E-state index contributed by atoms with van der Waals surface area (Å²) < 4.78 is 31.0. The van der Waals surface area contributed by atoms with Crippen molar-refractivity contribution in [2.75, 3.05) is 33.8 Å². The van der Waals surface area contributed by atoms with Crippen molar-refractivity contribution in [3.8, 4) is 0 Å². The van der Waals surface area contributed by atoms with Gasteiger partial charge in [-0.05, 0) is 32.0 Å². The number of nitrogens with one attached hydrogen (secondary N) is 1. The molecule has 1 aliphatic heterocycles. The number of halogens is 1. The number of carbonyl (C=O) groups is 1. The predicted octanol–water partition coefficient (Wildman–Crippen LogP) is 1.19. The Morgan fingerprint density at radius 3 is 2.90 bits per heavy atom. The number of esters is 1. The zero-order valence-corrected chi connectivity index (χ0v) is 14.3. The molecule has 1 aromatic heterocycles. The Balaban J connectivity index is 0.00000220. The van der Waals surface area contributed by atoms with E-state index in [1.807, 2.05) is 7.05 Å². The van der Waals surface area contributed by atoms with E-state index in [0.717, 1.165) is 24.3 Å². The standard InChI is InChI=1S/C12H18N2O4S2.ClH/c1-13-6-9-3-4-14(7-9)20(16,17)10-5-11(19-8-10)12(15)18-2;/h5,8-9,13H,3-4,6-7H2,1-2H3;1H. The summed E-state index contributed by atoms with van der Waals surface area (Å²) in [7, 11) is -0.366. The molecule has 1 aliphatic rings. The van der Waals surface area contributed by atoms with Gasteiger partial charge in [-0.15, -0.1) is 23.7 Å². The summed E-state index contributed by atoms with van der Waals surface area (Å²) in [5, 5.41) is 4.56. The van der Waals surface area contributed by atoms with Gasteiger partial charge in [-0.1, -0.05) is 0 Å². The first-order valence-corrected chi connectivity index (χ1v) is 8.62.